The molecule has 1 amide bonds. The molecular formula is C21H21NO5. The number of methoxy groups -OCH3 is 1. The standard InChI is InChI=1S/C21H21NO5/c1-14-7-8-17-16(12-26-19(17)9-14)10-21(24)27-13-20(23)22-11-15-5-3-4-6-18(15)25-2/h3-9,12H,10-11,13H2,1-2H3,(H,22,23). The van der Waals surface area contributed by atoms with Crippen LogP contribution in [0.5, 0.6) is 5.75 Å². The number of nitrogens with one attached hydrogen (secondary N) is 1. The highest BCUT2D eigenvalue weighted by molar-refractivity contribution is 5.87. The number of hydrogen-bond donors (Lipinski definition) is 1. The van der Waals surface area contributed by atoms with Crippen LogP contribution >= 0.6 is 0 Å². The summed E-state index contributed by atoms with van der Waals surface area (Å²) in [6, 6.07) is 13.2. The summed E-state index contributed by atoms with van der Waals surface area (Å²) in [6.07, 6.45) is 1.60. The highest BCUT2D eigenvalue weighted by Gasteiger charge is 2.13. The molecule has 1 heterocycles. The van der Waals surface area contributed by atoms with Gasteiger partial charge in [0.2, 0.25) is 0 Å². The van der Waals surface area contributed by atoms with Gasteiger partial charge in [-0.1, -0.05) is 30.3 Å². The van der Waals surface area contributed by atoms with Gasteiger partial charge in [-0.3, -0.25) is 9.59 Å². The number of hydrogen-bond acceptors (Lipinski definition) is 5. The summed E-state index contributed by atoms with van der Waals surface area (Å²) < 4.78 is 15.8. The Hall–Kier alpha value is -3.28. The van der Waals surface area contributed by atoms with E-state index < -0.39 is 5.97 Å². The maximum atomic E-state index is 12.0. The molecule has 0 aliphatic carbocycles. The summed E-state index contributed by atoms with van der Waals surface area (Å²) in [4.78, 5) is 24.0. The number of rotatable bonds is 7. The Bertz CT molecular complexity index is 960. The Morgan fingerprint density at radius 1 is 1.11 bits per heavy atom. The lowest BCUT2D eigenvalue weighted by Gasteiger charge is -2.09. The Morgan fingerprint density at radius 3 is 2.74 bits per heavy atom. The van der Waals surface area contributed by atoms with E-state index in [9.17, 15) is 9.59 Å². The van der Waals surface area contributed by atoms with E-state index in [2.05, 4.69) is 5.32 Å². The number of esters is 1. The molecule has 0 saturated heterocycles. The zero-order valence-electron chi connectivity index (χ0n) is 15.3. The summed E-state index contributed by atoms with van der Waals surface area (Å²) in [5, 5.41) is 3.58. The predicted molar refractivity (Wildman–Crippen MR) is 100 cm³/mol. The highest BCUT2D eigenvalue weighted by Crippen LogP contribution is 2.23. The van der Waals surface area contributed by atoms with Crippen molar-refractivity contribution in [2.75, 3.05) is 13.7 Å². The van der Waals surface area contributed by atoms with Crippen molar-refractivity contribution in [3.63, 3.8) is 0 Å². The second-order valence-electron chi connectivity index (χ2n) is 6.19. The van der Waals surface area contributed by atoms with Crippen LogP contribution in [0.4, 0.5) is 0 Å². The van der Waals surface area contributed by atoms with E-state index in [1.165, 1.54) is 0 Å². The third-order valence-electron chi connectivity index (χ3n) is 4.18. The highest BCUT2D eigenvalue weighted by atomic mass is 16.5. The van der Waals surface area contributed by atoms with Gasteiger partial charge >= 0.3 is 5.97 Å². The van der Waals surface area contributed by atoms with E-state index in [-0.39, 0.29) is 18.9 Å². The normalized spacial score (nSPS) is 10.6. The fourth-order valence-corrected chi connectivity index (χ4v) is 2.77. The molecule has 2 aromatic carbocycles. The van der Waals surface area contributed by atoms with Gasteiger partial charge in [-0.25, -0.2) is 0 Å². The first-order chi connectivity index (χ1) is 13.1. The summed E-state index contributed by atoms with van der Waals surface area (Å²) in [6.45, 7) is 1.94. The molecule has 1 N–H and O–H groups in total. The Morgan fingerprint density at radius 2 is 1.93 bits per heavy atom. The first kappa shape index (κ1) is 18.5. The SMILES string of the molecule is COc1ccccc1CNC(=O)COC(=O)Cc1coc2cc(C)ccc12. The maximum absolute atomic E-state index is 12.0. The molecule has 0 atom stereocenters. The van der Waals surface area contributed by atoms with Gasteiger partial charge in [0.1, 0.15) is 11.3 Å². The first-order valence-corrected chi connectivity index (χ1v) is 8.58. The van der Waals surface area contributed by atoms with Crippen molar-refractivity contribution in [3.05, 3.63) is 65.4 Å². The summed E-state index contributed by atoms with van der Waals surface area (Å²) in [5.74, 6) is -0.162. The smallest absolute Gasteiger partial charge is 0.310 e. The van der Waals surface area contributed by atoms with Gasteiger partial charge in [0.05, 0.1) is 19.8 Å². The van der Waals surface area contributed by atoms with E-state index in [0.717, 1.165) is 27.7 Å². The summed E-state index contributed by atoms with van der Waals surface area (Å²) in [5.41, 5.74) is 3.40. The minimum Gasteiger partial charge on any atom is -0.496 e. The van der Waals surface area contributed by atoms with Crippen molar-refractivity contribution in [2.45, 2.75) is 19.9 Å². The molecule has 0 saturated carbocycles. The number of carbonyl (C=O) groups is 2. The molecule has 140 valence electrons. The average Bonchev–Trinajstić information content (AvgIpc) is 3.06. The van der Waals surface area contributed by atoms with Crippen LogP contribution in [0.2, 0.25) is 0 Å². The third kappa shape index (κ3) is 4.67. The molecule has 1 aromatic heterocycles. The number of fused-ring (bicyclic) bond motifs is 1. The predicted octanol–water partition coefficient (Wildman–Crippen LogP) is 3.15. The van der Waals surface area contributed by atoms with Crippen LogP contribution in [-0.4, -0.2) is 25.6 Å². The molecule has 3 rings (SSSR count). The molecule has 0 aliphatic rings. The summed E-state index contributed by atoms with van der Waals surface area (Å²) in [7, 11) is 1.57. The minimum atomic E-state index is -0.481. The second-order valence-corrected chi connectivity index (χ2v) is 6.19. The van der Waals surface area contributed by atoms with Crippen LogP contribution in [0.3, 0.4) is 0 Å². The molecule has 0 unspecified atom stereocenters. The van der Waals surface area contributed by atoms with Crippen LogP contribution in [0.1, 0.15) is 16.7 Å². The molecule has 0 fully saturated rings. The molecule has 6 heteroatoms. The lowest BCUT2D eigenvalue weighted by atomic mass is 10.1. The number of furan rings is 1. The van der Waals surface area contributed by atoms with Gasteiger partial charge in [0, 0.05) is 23.1 Å². The minimum absolute atomic E-state index is 0.0514. The maximum Gasteiger partial charge on any atom is 0.310 e. The van der Waals surface area contributed by atoms with Crippen LogP contribution in [-0.2, 0) is 27.3 Å². The fourth-order valence-electron chi connectivity index (χ4n) is 2.77. The number of aryl methyl sites for hydroxylation is 1. The number of benzene rings is 2. The zero-order chi connectivity index (χ0) is 19.2. The number of carbonyl (C=O) groups excluding carboxylic acids is 2. The van der Waals surface area contributed by atoms with Crippen molar-refractivity contribution in [1.29, 1.82) is 0 Å². The molecular weight excluding hydrogens is 346 g/mol. The summed E-state index contributed by atoms with van der Waals surface area (Å²) >= 11 is 0. The van der Waals surface area contributed by atoms with E-state index in [1.807, 2.05) is 49.4 Å². The zero-order valence-corrected chi connectivity index (χ0v) is 15.3. The van der Waals surface area contributed by atoms with Crippen molar-refractivity contribution < 1.29 is 23.5 Å². The third-order valence-corrected chi connectivity index (χ3v) is 4.18. The fraction of sp³-hybridized carbons (Fsp3) is 0.238. The van der Waals surface area contributed by atoms with Gasteiger partial charge in [-0.15, -0.1) is 0 Å². The molecule has 27 heavy (non-hydrogen) atoms. The number of amides is 1. The van der Waals surface area contributed by atoms with Gasteiger partial charge in [0.15, 0.2) is 6.61 Å². The Balaban J connectivity index is 1.49. The Kier molecular flexibility index (Phi) is 5.76. The van der Waals surface area contributed by atoms with E-state index in [1.54, 1.807) is 13.4 Å². The van der Waals surface area contributed by atoms with Crippen molar-refractivity contribution in [1.82, 2.24) is 5.32 Å². The van der Waals surface area contributed by atoms with E-state index >= 15 is 0 Å². The van der Waals surface area contributed by atoms with Crippen LogP contribution in [0.25, 0.3) is 11.0 Å². The molecule has 0 radical (unpaired) electrons. The van der Waals surface area contributed by atoms with Crippen LogP contribution in [0.15, 0.2) is 53.1 Å². The number of ether oxygens (including phenoxy) is 2. The van der Waals surface area contributed by atoms with Crippen molar-refractivity contribution >= 4 is 22.8 Å². The van der Waals surface area contributed by atoms with Gasteiger partial charge in [-0.05, 0) is 24.6 Å². The molecule has 0 bridgehead atoms. The van der Waals surface area contributed by atoms with Crippen molar-refractivity contribution in [3.8, 4) is 5.75 Å². The largest absolute Gasteiger partial charge is 0.496 e. The van der Waals surface area contributed by atoms with Crippen LogP contribution in [0, 0.1) is 6.92 Å². The second kappa shape index (κ2) is 8.40. The molecule has 0 spiro atoms. The van der Waals surface area contributed by atoms with Crippen molar-refractivity contribution in [2.24, 2.45) is 0 Å². The first-order valence-electron chi connectivity index (χ1n) is 8.58. The number of para-hydroxylation sites is 1. The quantitative estimate of drug-likeness (QED) is 0.649. The molecule has 3 aromatic rings. The monoisotopic (exact) mass is 367 g/mol. The van der Waals surface area contributed by atoms with E-state index in [0.29, 0.717) is 12.3 Å². The average molecular weight is 367 g/mol. The van der Waals surface area contributed by atoms with E-state index in [4.69, 9.17) is 13.9 Å². The Labute approximate surface area is 157 Å². The van der Waals surface area contributed by atoms with Gasteiger partial charge in [-0.2, -0.15) is 0 Å². The molecule has 6 nitrogen and oxygen atoms in total. The molecule has 0 aliphatic heterocycles. The van der Waals surface area contributed by atoms with Gasteiger partial charge < -0.3 is 19.2 Å². The van der Waals surface area contributed by atoms with Crippen LogP contribution < -0.4 is 10.1 Å². The van der Waals surface area contributed by atoms with Gasteiger partial charge in [0.25, 0.3) is 5.91 Å². The lowest BCUT2D eigenvalue weighted by Crippen LogP contribution is -2.28. The topological polar surface area (TPSA) is 77.8 Å². The lowest BCUT2D eigenvalue weighted by molar-refractivity contribution is -0.147.